The monoisotopic (exact) mass is 660 g/mol. The van der Waals surface area contributed by atoms with E-state index in [-0.39, 0.29) is 46.3 Å². The SMILES string of the molecule is CCC(=O)Nc1ccnc2c1C1N=CN(C3CCCCC3)C(=O)C1S2.Nc1ccnc2c1C1N=CN(C3CCCCC3)C(=O)C1S2. The molecule has 2 aromatic rings. The number of hydrogen-bond acceptors (Lipinski definition) is 10. The molecule has 0 aromatic carbocycles. The average molecular weight is 661 g/mol. The summed E-state index contributed by atoms with van der Waals surface area (Å²) in [5.74, 6) is 0.253. The van der Waals surface area contributed by atoms with Crippen LogP contribution in [0, 0.1) is 0 Å². The molecule has 0 radical (unpaired) electrons. The van der Waals surface area contributed by atoms with Crippen molar-refractivity contribution in [1.82, 2.24) is 19.8 Å². The minimum absolute atomic E-state index is 0.0446. The molecule has 3 N–H and O–H groups in total. The number of pyridine rings is 2. The Kier molecular flexibility index (Phi) is 9.04. The number of carbonyl (C=O) groups is 3. The fourth-order valence-electron chi connectivity index (χ4n) is 7.35. The lowest BCUT2D eigenvalue weighted by Crippen LogP contribution is -2.48. The van der Waals surface area contributed by atoms with Crippen LogP contribution in [0.3, 0.4) is 0 Å². The first-order chi connectivity index (χ1) is 22.4. The van der Waals surface area contributed by atoms with Crippen LogP contribution in [0.4, 0.5) is 11.4 Å². The third kappa shape index (κ3) is 5.80. The summed E-state index contributed by atoms with van der Waals surface area (Å²) in [7, 11) is 0. The fraction of sp³-hybridized carbons (Fsp3) is 0.545. The number of rotatable bonds is 4. The Hall–Kier alpha value is -3.45. The summed E-state index contributed by atoms with van der Waals surface area (Å²) in [4.78, 5) is 59.5. The Bertz CT molecular complexity index is 1570. The van der Waals surface area contributed by atoms with Crippen LogP contribution in [-0.4, -0.2) is 72.7 Å². The molecule has 13 heteroatoms. The Labute approximate surface area is 277 Å². The largest absolute Gasteiger partial charge is 0.398 e. The van der Waals surface area contributed by atoms with Crippen LogP contribution in [-0.2, 0) is 14.4 Å². The van der Waals surface area contributed by atoms with Crippen molar-refractivity contribution in [2.24, 2.45) is 9.98 Å². The number of thioether (sulfide) groups is 2. The molecule has 0 saturated heterocycles. The highest BCUT2D eigenvalue weighted by Crippen LogP contribution is 2.51. The van der Waals surface area contributed by atoms with E-state index in [0.717, 1.165) is 52.5 Å². The number of hydrogen-bond donors (Lipinski definition) is 2. The van der Waals surface area contributed by atoms with Crippen LogP contribution in [0.25, 0.3) is 0 Å². The summed E-state index contributed by atoms with van der Waals surface area (Å²) in [6.07, 6.45) is 18.9. The number of aromatic nitrogens is 2. The van der Waals surface area contributed by atoms with E-state index < -0.39 is 0 Å². The molecule has 46 heavy (non-hydrogen) atoms. The molecule has 6 aliphatic rings. The third-order valence-electron chi connectivity index (χ3n) is 9.81. The van der Waals surface area contributed by atoms with Crippen LogP contribution in [0.15, 0.2) is 44.6 Å². The highest BCUT2D eigenvalue weighted by atomic mass is 32.2. The lowest BCUT2D eigenvalue weighted by Gasteiger charge is -2.36. The molecule has 8 rings (SSSR count). The zero-order valence-corrected chi connectivity index (χ0v) is 27.6. The van der Waals surface area contributed by atoms with Crippen LogP contribution >= 0.6 is 23.5 Å². The molecular formula is C33H40N8O3S2. The third-order valence-corrected chi connectivity index (χ3v) is 12.3. The molecule has 4 atom stereocenters. The van der Waals surface area contributed by atoms with Crippen molar-refractivity contribution in [3.05, 3.63) is 35.7 Å². The number of fused-ring (bicyclic) bond motifs is 6. The van der Waals surface area contributed by atoms with Gasteiger partial charge in [0.2, 0.25) is 17.7 Å². The second-order valence-corrected chi connectivity index (χ2v) is 14.9. The molecule has 6 heterocycles. The second kappa shape index (κ2) is 13.3. The van der Waals surface area contributed by atoms with E-state index in [4.69, 9.17) is 10.7 Å². The molecular weight excluding hydrogens is 621 g/mol. The highest BCUT2D eigenvalue weighted by Gasteiger charge is 2.47. The van der Waals surface area contributed by atoms with Crippen molar-refractivity contribution in [2.75, 3.05) is 11.1 Å². The van der Waals surface area contributed by atoms with Crippen LogP contribution < -0.4 is 11.1 Å². The van der Waals surface area contributed by atoms with Gasteiger partial charge in [0.05, 0.1) is 18.4 Å². The molecule has 2 aromatic heterocycles. The van der Waals surface area contributed by atoms with Crippen molar-refractivity contribution in [1.29, 1.82) is 0 Å². The highest BCUT2D eigenvalue weighted by molar-refractivity contribution is 8.01. The smallest absolute Gasteiger partial charge is 0.244 e. The minimum Gasteiger partial charge on any atom is -0.398 e. The number of aliphatic imine (C=N–C) groups is 2. The standard InChI is InChI=1S/C18H22N4O2S.C15H18N4OS/c1-2-13(23)21-12-8-9-19-17-14(12)15-16(25-17)18(24)22(10-20-15)11-6-4-3-5-7-11;16-10-6-7-17-14-11(10)12-13(21-14)15(20)19(8-18-12)9-4-2-1-3-5-9/h8-11,15-16H,2-7H2,1H3,(H,19,21,23);6-9,12-13H,1-5H2,(H2,16,17). The number of carbonyl (C=O) groups excluding carboxylic acids is 3. The molecule has 2 fully saturated rings. The summed E-state index contributed by atoms with van der Waals surface area (Å²) < 4.78 is 0. The molecule has 3 amide bonds. The predicted molar refractivity (Wildman–Crippen MR) is 181 cm³/mol. The van der Waals surface area contributed by atoms with Crippen molar-refractivity contribution in [2.45, 2.75) is 122 Å². The topological polar surface area (TPSA) is 146 Å². The lowest BCUT2D eigenvalue weighted by atomic mass is 9.93. The number of nitrogens with two attached hydrogens (primary N) is 1. The Balaban J connectivity index is 0.000000149. The van der Waals surface area contributed by atoms with E-state index in [1.54, 1.807) is 37.2 Å². The van der Waals surface area contributed by atoms with Gasteiger partial charge >= 0.3 is 0 Å². The van der Waals surface area contributed by atoms with Gasteiger partial charge in [-0.15, -0.1) is 0 Å². The van der Waals surface area contributed by atoms with Gasteiger partial charge in [0.25, 0.3) is 0 Å². The van der Waals surface area contributed by atoms with Crippen molar-refractivity contribution < 1.29 is 14.4 Å². The van der Waals surface area contributed by atoms with E-state index in [2.05, 4.69) is 20.3 Å². The van der Waals surface area contributed by atoms with Gasteiger partial charge in [0.1, 0.15) is 32.6 Å². The normalized spacial score (nSPS) is 27.0. The molecule has 0 spiro atoms. The lowest BCUT2D eigenvalue weighted by molar-refractivity contribution is -0.130. The van der Waals surface area contributed by atoms with Crippen molar-refractivity contribution >= 4 is 65.3 Å². The summed E-state index contributed by atoms with van der Waals surface area (Å²) >= 11 is 2.99. The van der Waals surface area contributed by atoms with Gasteiger partial charge in [-0.2, -0.15) is 0 Å². The number of nitrogens with zero attached hydrogens (tertiary/aromatic N) is 6. The van der Waals surface area contributed by atoms with E-state index in [1.807, 2.05) is 16.7 Å². The first-order valence-electron chi connectivity index (χ1n) is 16.5. The molecule has 4 unspecified atom stereocenters. The maximum absolute atomic E-state index is 13.1. The number of amides is 3. The maximum atomic E-state index is 13.1. The Morgan fingerprint density at radius 2 is 1.30 bits per heavy atom. The van der Waals surface area contributed by atoms with Gasteiger partial charge in [0, 0.05) is 47.7 Å². The molecule has 11 nitrogen and oxygen atoms in total. The molecule has 2 saturated carbocycles. The summed E-state index contributed by atoms with van der Waals surface area (Å²) in [6.45, 7) is 1.82. The van der Waals surface area contributed by atoms with Crippen LogP contribution in [0.5, 0.6) is 0 Å². The van der Waals surface area contributed by atoms with Gasteiger partial charge in [-0.05, 0) is 37.8 Å². The minimum atomic E-state index is -0.269. The van der Waals surface area contributed by atoms with Crippen LogP contribution in [0.1, 0.15) is 101 Å². The van der Waals surface area contributed by atoms with Gasteiger partial charge in [-0.1, -0.05) is 69.0 Å². The summed E-state index contributed by atoms with van der Waals surface area (Å²) in [6, 6.07) is 3.77. The van der Waals surface area contributed by atoms with E-state index >= 15 is 0 Å². The molecule has 2 aliphatic carbocycles. The van der Waals surface area contributed by atoms with Gasteiger partial charge in [-0.3, -0.25) is 34.2 Å². The first kappa shape index (κ1) is 31.2. The number of nitrogen functional groups attached to an aromatic ring is 1. The number of anilines is 2. The van der Waals surface area contributed by atoms with Gasteiger partial charge < -0.3 is 11.1 Å². The van der Waals surface area contributed by atoms with Gasteiger partial charge in [-0.25, -0.2) is 9.97 Å². The average Bonchev–Trinajstić information content (AvgIpc) is 3.67. The second-order valence-electron chi connectivity index (χ2n) is 12.7. The van der Waals surface area contributed by atoms with E-state index in [9.17, 15) is 14.4 Å². The Morgan fingerprint density at radius 3 is 1.85 bits per heavy atom. The van der Waals surface area contributed by atoms with E-state index in [0.29, 0.717) is 18.2 Å². The van der Waals surface area contributed by atoms with Crippen LogP contribution in [0.2, 0.25) is 0 Å². The van der Waals surface area contributed by atoms with Gasteiger partial charge in [0.15, 0.2) is 0 Å². The zero-order chi connectivity index (χ0) is 31.8. The zero-order valence-electron chi connectivity index (χ0n) is 26.0. The van der Waals surface area contributed by atoms with Crippen molar-refractivity contribution in [3.8, 4) is 0 Å². The quantitative estimate of drug-likeness (QED) is 0.435. The Morgan fingerprint density at radius 1 is 0.804 bits per heavy atom. The molecule has 0 bridgehead atoms. The van der Waals surface area contributed by atoms with Crippen molar-refractivity contribution in [3.63, 3.8) is 0 Å². The molecule has 242 valence electrons. The molecule has 4 aliphatic heterocycles. The van der Waals surface area contributed by atoms with E-state index in [1.165, 1.54) is 62.0 Å². The summed E-state index contributed by atoms with van der Waals surface area (Å²) in [5.41, 5.74) is 9.28. The fourth-order valence-corrected chi connectivity index (χ4v) is 9.91. The maximum Gasteiger partial charge on any atom is 0.244 e. The predicted octanol–water partition coefficient (Wildman–Crippen LogP) is 5.53. The number of nitrogens with one attached hydrogen (secondary N) is 1. The first-order valence-corrected chi connectivity index (χ1v) is 18.3. The summed E-state index contributed by atoms with van der Waals surface area (Å²) in [5, 5.41) is 4.13.